The Bertz CT molecular complexity index is 2160. The summed E-state index contributed by atoms with van der Waals surface area (Å²) in [5.74, 6) is -3.75. The lowest BCUT2D eigenvalue weighted by Crippen LogP contribution is -2.61. The summed E-state index contributed by atoms with van der Waals surface area (Å²) < 4.78 is 227. The fourth-order valence-corrected chi connectivity index (χ4v) is 21.1. The fraction of sp³-hybridized carbons (Fsp3) is 0.966. The van der Waals surface area contributed by atoms with Crippen molar-refractivity contribution >= 4 is 11.9 Å². The summed E-state index contributed by atoms with van der Waals surface area (Å²) in [7, 11) is 0. The molecule has 14 aliphatic rings. The SMILES string of the molecule is CC1C2CC(CC(C)(C(F)(F)F)C(F)(F)F)C(C2)C1CC(C)(C(OO)C12CC3CC(CC(C3)C1)C2)C(F)(F)F.CCC(CC(C)(C(=O)OC12CC3CC(CC(C3)C1)C2)C(F)(F)F)(C(=O)OC1C2CC3CC(C2)CC1C3)C(F)(F)F. The molecular weight excluding hydrogens is 1080 g/mol. The molecule has 1 N–H and O–H groups in total. The van der Waals surface area contributed by atoms with Crippen molar-refractivity contribution in [2.24, 2.45) is 116 Å². The largest absolute Gasteiger partial charge is 0.461 e. The first-order valence-corrected chi connectivity index (χ1v) is 29.4. The van der Waals surface area contributed by atoms with Crippen molar-refractivity contribution in [3.63, 3.8) is 0 Å². The second kappa shape index (κ2) is 19.7. The van der Waals surface area contributed by atoms with Crippen LogP contribution in [0.25, 0.3) is 0 Å². The molecule has 14 rings (SSSR count). The number of fused-ring (bicyclic) bond motifs is 2. The molecule has 0 amide bonds. The van der Waals surface area contributed by atoms with Gasteiger partial charge < -0.3 is 9.47 Å². The molecule has 21 heteroatoms. The van der Waals surface area contributed by atoms with E-state index in [4.69, 9.17) is 14.4 Å². The van der Waals surface area contributed by atoms with Gasteiger partial charge in [-0.25, -0.2) is 4.89 Å². The molecular formula is C58H79F15O6. The van der Waals surface area contributed by atoms with Gasteiger partial charge in [0.15, 0.2) is 16.2 Å². The molecule has 0 aromatic rings. The number of hydrogen-bond acceptors (Lipinski definition) is 6. The van der Waals surface area contributed by atoms with Gasteiger partial charge in [-0.3, -0.25) is 14.8 Å². The van der Waals surface area contributed by atoms with Crippen molar-refractivity contribution in [1.29, 1.82) is 0 Å². The minimum absolute atomic E-state index is 0.0574. The standard InChI is InChI=1S/C30H40F6O4.C28H39F9O2/c1-3-28(30(34,35)36,25(38)39-23-21-8-16-4-17(10-21)11-22(23)9-16)15-26(2,29(31,32)33)24(37)40-27-12-18-5-19(13-27)7-20(6-18)14-27;1-14-18-7-19(12-24(3,27(32,33)34)28(35,36)37)20(8-18)21(14)13-23(2,26(29,30)31)22(39-38)25-9-15-4-16(10-25)6-17(5-15)11-25/h16-23H,3-15H2,1-2H3;14-22,38H,4-13H2,1-3H3. The zero-order chi connectivity index (χ0) is 57.9. The highest BCUT2D eigenvalue weighted by molar-refractivity contribution is 5.82. The van der Waals surface area contributed by atoms with E-state index < -0.39 is 131 Å². The Hall–Kier alpha value is -2.19. The molecule has 9 atom stereocenters. The van der Waals surface area contributed by atoms with Crippen LogP contribution in [0.15, 0.2) is 0 Å². The zero-order valence-corrected chi connectivity index (χ0v) is 45.7. The van der Waals surface area contributed by atoms with E-state index in [1.807, 2.05) is 0 Å². The van der Waals surface area contributed by atoms with E-state index in [2.05, 4.69) is 0 Å². The van der Waals surface area contributed by atoms with Crippen molar-refractivity contribution in [2.45, 2.75) is 231 Å². The van der Waals surface area contributed by atoms with Crippen molar-refractivity contribution in [3.05, 3.63) is 0 Å². The van der Waals surface area contributed by atoms with Crippen LogP contribution in [0.5, 0.6) is 0 Å². The molecule has 14 fully saturated rings. The van der Waals surface area contributed by atoms with E-state index in [1.54, 1.807) is 6.92 Å². The summed E-state index contributed by atoms with van der Waals surface area (Å²) in [6.07, 6.45) is -19.8. The Morgan fingerprint density at radius 1 is 0.532 bits per heavy atom. The zero-order valence-electron chi connectivity index (χ0n) is 45.7. The Morgan fingerprint density at radius 2 is 0.975 bits per heavy atom. The van der Waals surface area contributed by atoms with Crippen LogP contribution in [0.2, 0.25) is 0 Å². The Labute approximate surface area is 452 Å². The van der Waals surface area contributed by atoms with E-state index in [0.717, 1.165) is 84.5 Å². The van der Waals surface area contributed by atoms with Gasteiger partial charge in [0.05, 0.1) is 5.41 Å². The predicted molar refractivity (Wildman–Crippen MR) is 256 cm³/mol. The van der Waals surface area contributed by atoms with Crippen molar-refractivity contribution in [1.82, 2.24) is 0 Å². The van der Waals surface area contributed by atoms with E-state index in [-0.39, 0.29) is 54.8 Å². The molecule has 0 heterocycles. The number of carbonyl (C=O) groups is 2. The quantitative estimate of drug-likeness (QED) is 0.0808. The number of esters is 2. The molecule has 0 aliphatic heterocycles. The average Bonchev–Trinajstić information content (AvgIpc) is 3.87. The molecule has 0 radical (unpaired) electrons. The molecule has 79 heavy (non-hydrogen) atoms. The van der Waals surface area contributed by atoms with Crippen LogP contribution in [0.4, 0.5) is 65.9 Å². The number of hydrogen-bond donors (Lipinski definition) is 1. The normalized spacial score (nSPS) is 42.7. The van der Waals surface area contributed by atoms with Gasteiger partial charge in [-0.2, -0.15) is 65.9 Å². The van der Waals surface area contributed by atoms with E-state index in [1.165, 1.54) is 0 Å². The minimum Gasteiger partial charge on any atom is -0.461 e. The summed E-state index contributed by atoms with van der Waals surface area (Å²) in [6, 6.07) is 0. The van der Waals surface area contributed by atoms with Crippen molar-refractivity contribution in [3.8, 4) is 0 Å². The smallest absolute Gasteiger partial charge is 0.404 e. The molecule has 14 bridgehead atoms. The molecule has 14 saturated carbocycles. The fourth-order valence-electron chi connectivity index (χ4n) is 21.1. The van der Waals surface area contributed by atoms with Crippen LogP contribution in [0.3, 0.4) is 0 Å². The van der Waals surface area contributed by atoms with Gasteiger partial charge in [-0.15, -0.1) is 0 Å². The number of rotatable bonds is 14. The number of ether oxygens (including phenoxy) is 2. The highest BCUT2D eigenvalue weighted by Crippen LogP contribution is 2.70. The maximum atomic E-state index is 15.0. The second-order valence-corrected chi connectivity index (χ2v) is 29.3. The summed E-state index contributed by atoms with van der Waals surface area (Å²) in [5, 5.41) is 10.1. The Kier molecular flexibility index (Phi) is 14.9. The highest BCUT2D eigenvalue weighted by atomic mass is 19.4. The van der Waals surface area contributed by atoms with Gasteiger partial charge >= 0.3 is 42.8 Å². The maximum Gasteiger partial charge on any atom is 0.404 e. The summed E-state index contributed by atoms with van der Waals surface area (Å²) in [5.41, 5.74) is -15.3. The topological polar surface area (TPSA) is 82.1 Å². The number of halogens is 15. The van der Waals surface area contributed by atoms with Gasteiger partial charge in [-0.05, 0) is 257 Å². The van der Waals surface area contributed by atoms with E-state index in [0.29, 0.717) is 81.5 Å². The lowest BCUT2D eigenvalue weighted by Gasteiger charge is -2.61. The lowest BCUT2D eigenvalue weighted by molar-refractivity contribution is -0.385. The van der Waals surface area contributed by atoms with E-state index in [9.17, 15) is 67.5 Å². The van der Waals surface area contributed by atoms with Gasteiger partial charge in [0.2, 0.25) is 0 Å². The second-order valence-electron chi connectivity index (χ2n) is 29.3. The third-order valence-electron chi connectivity index (χ3n) is 24.3. The van der Waals surface area contributed by atoms with Crippen molar-refractivity contribution < 1.29 is 95.1 Å². The first kappa shape index (κ1) is 60.0. The molecule has 452 valence electrons. The van der Waals surface area contributed by atoms with Crippen LogP contribution in [-0.4, -0.2) is 65.9 Å². The van der Waals surface area contributed by atoms with Gasteiger partial charge in [0.25, 0.3) is 0 Å². The van der Waals surface area contributed by atoms with Crippen LogP contribution in [0.1, 0.15) is 182 Å². The Morgan fingerprint density at radius 3 is 1.35 bits per heavy atom. The highest BCUT2D eigenvalue weighted by Gasteiger charge is 2.73. The van der Waals surface area contributed by atoms with Crippen LogP contribution in [-0.2, 0) is 24.0 Å². The molecule has 0 aromatic carbocycles. The lowest BCUT2D eigenvalue weighted by atomic mass is 9.45. The third kappa shape index (κ3) is 10.0. The Balaban J connectivity index is 0.000000178. The molecule has 0 spiro atoms. The van der Waals surface area contributed by atoms with Crippen LogP contribution >= 0.6 is 0 Å². The van der Waals surface area contributed by atoms with Crippen molar-refractivity contribution in [2.75, 3.05) is 0 Å². The number of alkyl halides is 15. The van der Waals surface area contributed by atoms with Crippen LogP contribution < -0.4 is 0 Å². The third-order valence-corrected chi connectivity index (χ3v) is 24.3. The van der Waals surface area contributed by atoms with E-state index >= 15 is 13.2 Å². The van der Waals surface area contributed by atoms with Gasteiger partial charge in [0.1, 0.15) is 17.8 Å². The number of carbonyl (C=O) groups excluding carboxylic acids is 2. The first-order valence-electron chi connectivity index (χ1n) is 29.4. The molecule has 0 saturated heterocycles. The first-order chi connectivity index (χ1) is 36.3. The molecule has 0 aromatic heterocycles. The predicted octanol–water partition coefficient (Wildman–Crippen LogP) is 17.2. The average molecular weight is 1160 g/mol. The minimum atomic E-state index is -5.52. The van der Waals surface area contributed by atoms with Crippen LogP contribution in [0, 0.1) is 116 Å². The molecule has 6 nitrogen and oxygen atoms in total. The summed E-state index contributed by atoms with van der Waals surface area (Å²) >= 11 is 0. The monoisotopic (exact) mass is 1160 g/mol. The summed E-state index contributed by atoms with van der Waals surface area (Å²) in [4.78, 5) is 31.8. The molecule has 9 unspecified atom stereocenters. The molecule has 14 aliphatic carbocycles. The van der Waals surface area contributed by atoms with Gasteiger partial charge in [0, 0.05) is 5.41 Å². The van der Waals surface area contributed by atoms with Gasteiger partial charge in [-0.1, -0.05) is 13.8 Å². The maximum absolute atomic E-state index is 15.0. The summed E-state index contributed by atoms with van der Waals surface area (Å²) in [6.45, 7) is 4.51.